The third kappa shape index (κ3) is 2.37. The highest BCUT2D eigenvalue weighted by Crippen LogP contribution is 2.27. The topological polar surface area (TPSA) is 29.3 Å². The predicted octanol–water partition coefficient (Wildman–Crippen LogP) is 4.31. The van der Waals surface area contributed by atoms with Crippen molar-refractivity contribution in [3.8, 4) is 11.3 Å². The van der Waals surface area contributed by atoms with E-state index in [-0.39, 0.29) is 0 Å². The van der Waals surface area contributed by atoms with Crippen LogP contribution in [0.3, 0.4) is 0 Å². The number of nitrogens with zero attached hydrogens (tertiary/aromatic N) is 2. The molecule has 3 aromatic rings. The van der Waals surface area contributed by atoms with Crippen LogP contribution in [-0.4, -0.2) is 15.9 Å². The van der Waals surface area contributed by atoms with Gasteiger partial charge in [-0.3, -0.25) is 0 Å². The molecule has 1 N–H and O–H groups in total. The van der Waals surface area contributed by atoms with Gasteiger partial charge in [0.05, 0.1) is 11.4 Å². The molecule has 112 valence electrons. The maximum Gasteiger partial charge on any atom is 0.137 e. The molecule has 0 fully saturated rings. The van der Waals surface area contributed by atoms with Crippen LogP contribution in [0.15, 0.2) is 42.7 Å². The van der Waals surface area contributed by atoms with Crippen molar-refractivity contribution in [3.05, 3.63) is 53.9 Å². The smallest absolute Gasteiger partial charge is 0.137 e. The van der Waals surface area contributed by atoms with Crippen LogP contribution >= 0.6 is 0 Å². The maximum absolute atomic E-state index is 4.77. The molecule has 2 heterocycles. The van der Waals surface area contributed by atoms with Crippen molar-refractivity contribution in [3.63, 3.8) is 0 Å². The molecule has 2 aromatic heterocycles. The zero-order valence-electron chi connectivity index (χ0n) is 13.0. The molecule has 1 aliphatic rings. The van der Waals surface area contributed by atoms with Crippen molar-refractivity contribution >= 4 is 11.3 Å². The van der Waals surface area contributed by atoms with E-state index in [0.29, 0.717) is 0 Å². The number of benzene rings is 1. The van der Waals surface area contributed by atoms with Crippen molar-refractivity contribution in [1.82, 2.24) is 9.38 Å². The summed E-state index contributed by atoms with van der Waals surface area (Å²) in [5.74, 6) is 0. The lowest BCUT2D eigenvalue weighted by molar-refractivity contribution is 0.686. The quantitative estimate of drug-likeness (QED) is 0.779. The van der Waals surface area contributed by atoms with E-state index in [1.165, 1.54) is 42.4 Å². The van der Waals surface area contributed by atoms with Gasteiger partial charge in [-0.15, -0.1) is 0 Å². The summed E-state index contributed by atoms with van der Waals surface area (Å²) in [5, 5.41) is 3.34. The van der Waals surface area contributed by atoms with Gasteiger partial charge in [0, 0.05) is 24.5 Å². The molecule has 0 radical (unpaired) electrons. The number of fused-ring (bicyclic) bond motifs is 2. The molecule has 3 nitrogen and oxygen atoms in total. The highest BCUT2D eigenvalue weighted by molar-refractivity contribution is 5.65. The van der Waals surface area contributed by atoms with Crippen LogP contribution in [-0.2, 0) is 12.8 Å². The third-order valence-electron chi connectivity index (χ3n) is 4.48. The van der Waals surface area contributed by atoms with E-state index >= 15 is 0 Å². The first kappa shape index (κ1) is 13.4. The van der Waals surface area contributed by atoms with Crippen molar-refractivity contribution in [2.75, 3.05) is 11.9 Å². The van der Waals surface area contributed by atoms with Gasteiger partial charge < -0.3 is 9.72 Å². The molecule has 1 aromatic carbocycles. The highest BCUT2D eigenvalue weighted by Gasteiger charge is 2.11. The lowest BCUT2D eigenvalue weighted by Crippen LogP contribution is -2.02. The van der Waals surface area contributed by atoms with E-state index in [1.807, 2.05) is 0 Å². The minimum atomic E-state index is 0.928. The molecule has 0 atom stereocenters. The summed E-state index contributed by atoms with van der Waals surface area (Å²) in [4.78, 5) is 4.77. The fraction of sp³-hybridized carbons (Fsp3) is 0.316. The molecule has 1 aliphatic carbocycles. The Morgan fingerprint density at radius 1 is 1.05 bits per heavy atom. The van der Waals surface area contributed by atoms with E-state index in [4.69, 9.17) is 4.98 Å². The largest absolute Gasteiger partial charge is 0.384 e. The Bertz CT molecular complexity index is 817. The van der Waals surface area contributed by atoms with E-state index in [2.05, 4.69) is 59.4 Å². The number of anilines is 1. The van der Waals surface area contributed by atoms with Gasteiger partial charge in [-0.1, -0.05) is 12.1 Å². The number of hydrogen-bond acceptors (Lipinski definition) is 2. The normalized spacial score (nSPS) is 14.0. The van der Waals surface area contributed by atoms with Crippen LogP contribution in [0.25, 0.3) is 16.9 Å². The summed E-state index contributed by atoms with van der Waals surface area (Å²) in [6.07, 6.45) is 9.31. The number of nitrogens with one attached hydrogen (secondary N) is 1. The molecule has 4 rings (SSSR count). The van der Waals surface area contributed by atoms with E-state index in [1.54, 1.807) is 0 Å². The molecular weight excluding hydrogens is 270 g/mol. The van der Waals surface area contributed by atoms with Crippen LogP contribution in [0, 0.1) is 0 Å². The Morgan fingerprint density at radius 2 is 1.91 bits per heavy atom. The second-order valence-corrected chi connectivity index (χ2v) is 6.03. The zero-order valence-corrected chi connectivity index (χ0v) is 13.0. The van der Waals surface area contributed by atoms with Crippen LogP contribution in [0.5, 0.6) is 0 Å². The average molecular weight is 291 g/mol. The van der Waals surface area contributed by atoms with Gasteiger partial charge in [-0.2, -0.15) is 0 Å². The van der Waals surface area contributed by atoms with E-state index in [9.17, 15) is 0 Å². The minimum Gasteiger partial charge on any atom is -0.384 e. The van der Waals surface area contributed by atoms with Gasteiger partial charge in [-0.25, -0.2) is 4.98 Å². The van der Waals surface area contributed by atoms with Gasteiger partial charge in [0.2, 0.25) is 0 Å². The summed E-state index contributed by atoms with van der Waals surface area (Å²) in [6.45, 7) is 3.04. The Labute approximate surface area is 131 Å². The SMILES string of the molecule is CCNc1ccc2nc(-c3ccc4c(c3)CCCC4)cn2c1. The second-order valence-electron chi connectivity index (χ2n) is 6.03. The first-order chi connectivity index (χ1) is 10.8. The molecule has 0 bridgehead atoms. The van der Waals surface area contributed by atoms with Crippen LogP contribution in [0.1, 0.15) is 30.9 Å². The van der Waals surface area contributed by atoms with Crippen LogP contribution in [0.2, 0.25) is 0 Å². The summed E-state index contributed by atoms with van der Waals surface area (Å²) in [6, 6.07) is 11.0. The summed E-state index contributed by atoms with van der Waals surface area (Å²) >= 11 is 0. The molecule has 0 amide bonds. The monoisotopic (exact) mass is 291 g/mol. The molecular formula is C19H21N3. The van der Waals surface area contributed by atoms with Gasteiger partial charge in [0.25, 0.3) is 0 Å². The number of hydrogen-bond donors (Lipinski definition) is 1. The first-order valence-corrected chi connectivity index (χ1v) is 8.18. The maximum atomic E-state index is 4.77. The molecule has 0 unspecified atom stereocenters. The Kier molecular flexibility index (Phi) is 3.34. The zero-order chi connectivity index (χ0) is 14.9. The van der Waals surface area contributed by atoms with Gasteiger partial charge in [0.15, 0.2) is 0 Å². The second kappa shape index (κ2) is 5.48. The fourth-order valence-electron chi connectivity index (χ4n) is 3.33. The van der Waals surface area contributed by atoms with Crippen molar-refractivity contribution in [1.29, 1.82) is 0 Å². The predicted molar refractivity (Wildman–Crippen MR) is 91.4 cm³/mol. The van der Waals surface area contributed by atoms with Crippen LogP contribution < -0.4 is 5.32 Å². The van der Waals surface area contributed by atoms with Crippen molar-refractivity contribution in [2.24, 2.45) is 0 Å². The van der Waals surface area contributed by atoms with E-state index < -0.39 is 0 Å². The van der Waals surface area contributed by atoms with Crippen LogP contribution in [0.4, 0.5) is 5.69 Å². The molecule has 0 aliphatic heterocycles. The number of aromatic nitrogens is 2. The number of aryl methyl sites for hydroxylation is 2. The van der Waals surface area contributed by atoms with Gasteiger partial charge in [-0.05, 0) is 61.9 Å². The number of pyridine rings is 1. The third-order valence-corrected chi connectivity index (χ3v) is 4.48. The lowest BCUT2D eigenvalue weighted by atomic mass is 9.90. The summed E-state index contributed by atoms with van der Waals surface area (Å²) in [5.41, 5.74) is 7.44. The molecule has 3 heteroatoms. The fourth-order valence-corrected chi connectivity index (χ4v) is 3.33. The summed E-state index contributed by atoms with van der Waals surface area (Å²) in [7, 11) is 0. The molecule has 0 saturated heterocycles. The Hall–Kier alpha value is -2.29. The Balaban J connectivity index is 1.74. The van der Waals surface area contributed by atoms with Crippen molar-refractivity contribution in [2.45, 2.75) is 32.6 Å². The molecule has 0 saturated carbocycles. The van der Waals surface area contributed by atoms with Gasteiger partial charge >= 0.3 is 0 Å². The number of rotatable bonds is 3. The summed E-state index contributed by atoms with van der Waals surface area (Å²) < 4.78 is 2.10. The lowest BCUT2D eigenvalue weighted by Gasteiger charge is -2.15. The average Bonchev–Trinajstić information content (AvgIpc) is 2.98. The van der Waals surface area contributed by atoms with Crippen molar-refractivity contribution < 1.29 is 0 Å². The molecule has 22 heavy (non-hydrogen) atoms. The highest BCUT2D eigenvalue weighted by atomic mass is 15.0. The van der Waals surface area contributed by atoms with Gasteiger partial charge in [0.1, 0.15) is 5.65 Å². The van der Waals surface area contributed by atoms with E-state index in [0.717, 1.165) is 23.6 Å². The number of imidazole rings is 1. The standard InChI is InChI=1S/C19H21N3/c1-2-20-17-9-10-19-21-18(13-22(19)12-17)16-8-7-14-5-3-4-6-15(14)11-16/h7-13,20H,2-6H2,1H3. The minimum absolute atomic E-state index is 0.928. The molecule has 0 spiro atoms. The Morgan fingerprint density at radius 3 is 2.77 bits per heavy atom. The first-order valence-electron chi connectivity index (χ1n) is 8.18.